The molecule has 0 bridgehead atoms. The molecule has 0 aromatic heterocycles. The number of carbonyl (C=O) groups excluding carboxylic acids is 1. The van der Waals surface area contributed by atoms with Gasteiger partial charge in [0, 0.05) is 39.8 Å². The van der Waals surface area contributed by atoms with Gasteiger partial charge in [0.1, 0.15) is 18.0 Å². The van der Waals surface area contributed by atoms with Gasteiger partial charge in [0.25, 0.3) is 5.91 Å². The second-order valence-electron chi connectivity index (χ2n) is 7.49. The highest BCUT2D eigenvalue weighted by Crippen LogP contribution is 2.16. The van der Waals surface area contributed by atoms with Crippen LogP contribution in [0.5, 0.6) is 5.75 Å². The Morgan fingerprint density at radius 2 is 2.07 bits per heavy atom. The van der Waals surface area contributed by atoms with Crippen LogP contribution in [-0.2, 0) is 9.53 Å². The summed E-state index contributed by atoms with van der Waals surface area (Å²) in [4.78, 5) is 21.0. The van der Waals surface area contributed by atoms with Crippen LogP contribution in [0.15, 0.2) is 29.3 Å². The van der Waals surface area contributed by atoms with Crippen LogP contribution in [0.4, 0.5) is 0 Å². The third-order valence-corrected chi connectivity index (χ3v) is 5.18. The first-order valence-corrected chi connectivity index (χ1v) is 10.2. The SMILES string of the molecule is CN=C(NCC(C)Oc1cccc(C)c1)N1CCN(C(=O)C2CCCO2)CC1. The second-order valence-corrected chi connectivity index (χ2v) is 7.49. The topological polar surface area (TPSA) is 66.4 Å². The number of nitrogens with one attached hydrogen (secondary N) is 1. The average Bonchev–Trinajstić information content (AvgIpc) is 3.23. The lowest BCUT2D eigenvalue weighted by Crippen LogP contribution is -2.55. The maximum Gasteiger partial charge on any atom is 0.251 e. The Morgan fingerprint density at radius 3 is 2.71 bits per heavy atom. The lowest BCUT2D eigenvalue weighted by molar-refractivity contribution is -0.142. The number of piperazine rings is 1. The van der Waals surface area contributed by atoms with E-state index in [9.17, 15) is 4.79 Å². The summed E-state index contributed by atoms with van der Waals surface area (Å²) in [5.41, 5.74) is 1.18. The van der Waals surface area contributed by atoms with Crippen LogP contribution in [-0.4, -0.2) is 80.3 Å². The number of nitrogens with zero attached hydrogens (tertiary/aromatic N) is 3. The fraction of sp³-hybridized carbons (Fsp3) is 0.619. The van der Waals surface area contributed by atoms with E-state index in [1.54, 1.807) is 7.05 Å². The molecular formula is C21H32N4O3. The van der Waals surface area contributed by atoms with Gasteiger partial charge >= 0.3 is 0 Å². The summed E-state index contributed by atoms with van der Waals surface area (Å²) in [5.74, 6) is 1.87. The Bertz CT molecular complexity index is 680. The molecule has 2 heterocycles. The standard InChI is InChI=1S/C21H32N4O3/c1-16-6-4-7-18(14-16)28-17(2)15-23-21(22-3)25-11-9-24(10-12-25)20(26)19-8-5-13-27-19/h4,6-7,14,17,19H,5,8-13,15H2,1-3H3,(H,22,23). The van der Waals surface area contributed by atoms with Crippen molar-refractivity contribution in [2.75, 3.05) is 46.4 Å². The summed E-state index contributed by atoms with van der Waals surface area (Å²) in [6.07, 6.45) is 1.61. The number of aliphatic imine (C=N–C) groups is 1. The smallest absolute Gasteiger partial charge is 0.251 e. The summed E-state index contributed by atoms with van der Waals surface area (Å²) in [5, 5.41) is 3.40. The summed E-state index contributed by atoms with van der Waals surface area (Å²) in [7, 11) is 1.79. The number of aryl methyl sites for hydroxylation is 1. The molecule has 0 aliphatic carbocycles. The first-order chi connectivity index (χ1) is 13.6. The van der Waals surface area contributed by atoms with Crippen molar-refractivity contribution in [1.29, 1.82) is 0 Å². The van der Waals surface area contributed by atoms with Crippen molar-refractivity contribution in [3.63, 3.8) is 0 Å². The molecule has 7 heteroatoms. The molecule has 0 spiro atoms. The fourth-order valence-corrected chi connectivity index (χ4v) is 3.64. The predicted octanol–water partition coefficient (Wildman–Crippen LogP) is 1.66. The van der Waals surface area contributed by atoms with Crippen molar-refractivity contribution < 1.29 is 14.3 Å². The zero-order valence-corrected chi connectivity index (χ0v) is 17.2. The van der Waals surface area contributed by atoms with Crippen LogP contribution in [0.25, 0.3) is 0 Å². The highest BCUT2D eigenvalue weighted by Gasteiger charge is 2.30. The monoisotopic (exact) mass is 388 g/mol. The normalized spacial score (nSPS) is 21.5. The maximum absolute atomic E-state index is 12.5. The third kappa shape index (κ3) is 5.38. The molecule has 1 aromatic carbocycles. The van der Waals surface area contributed by atoms with Gasteiger partial charge in [0.2, 0.25) is 0 Å². The first-order valence-electron chi connectivity index (χ1n) is 10.2. The lowest BCUT2D eigenvalue weighted by Gasteiger charge is -2.37. The number of guanidine groups is 1. The molecular weight excluding hydrogens is 356 g/mol. The quantitative estimate of drug-likeness (QED) is 0.614. The Hall–Kier alpha value is -2.28. The fourth-order valence-electron chi connectivity index (χ4n) is 3.64. The molecule has 7 nitrogen and oxygen atoms in total. The highest BCUT2D eigenvalue weighted by molar-refractivity contribution is 5.82. The van der Waals surface area contributed by atoms with Gasteiger partial charge in [0.15, 0.2) is 5.96 Å². The maximum atomic E-state index is 12.5. The van der Waals surface area contributed by atoms with Crippen molar-refractivity contribution >= 4 is 11.9 Å². The van der Waals surface area contributed by atoms with Gasteiger partial charge in [-0.3, -0.25) is 9.79 Å². The van der Waals surface area contributed by atoms with Crippen LogP contribution < -0.4 is 10.1 Å². The van der Waals surface area contributed by atoms with E-state index >= 15 is 0 Å². The van der Waals surface area contributed by atoms with Crippen molar-refractivity contribution in [2.45, 2.75) is 38.9 Å². The van der Waals surface area contributed by atoms with E-state index < -0.39 is 0 Å². The van der Waals surface area contributed by atoms with Crippen LogP contribution in [0.1, 0.15) is 25.3 Å². The zero-order chi connectivity index (χ0) is 19.9. The van der Waals surface area contributed by atoms with E-state index in [2.05, 4.69) is 28.2 Å². The van der Waals surface area contributed by atoms with E-state index in [1.807, 2.05) is 30.0 Å². The molecule has 0 radical (unpaired) electrons. The molecule has 1 N–H and O–H groups in total. The van der Waals surface area contributed by atoms with Crippen LogP contribution in [0.2, 0.25) is 0 Å². The Labute approximate surface area is 167 Å². The summed E-state index contributed by atoms with van der Waals surface area (Å²) >= 11 is 0. The molecule has 28 heavy (non-hydrogen) atoms. The number of benzene rings is 1. The molecule has 2 unspecified atom stereocenters. The Morgan fingerprint density at radius 1 is 1.32 bits per heavy atom. The van der Waals surface area contributed by atoms with Gasteiger partial charge in [0.05, 0.1) is 6.54 Å². The lowest BCUT2D eigenvalue weighted by atomic mass is 10.2. The van der Waals surface area contributed by atoms with Crippen molar-refractivity contribution in [3.05, 3.63) is 29.8 Å². The van der Waals surface area contributed by atoms with E-state index in [1.165, 1.54) is 5.56 Å². The van der Waals surface area contributed by atoms with Crippen molar-refractivity contribution in [1.82, 2.24) is 15.1 Å². The average molecular weight is 389 g/mol. The van der Waals surface area contributed by atoms with Gasteiger partial charge in [-0.1, -0.05) is 12.1 Å². The molecule has 154 valence electrons. The second kappa shape index (κ2) is 9.78. The van der Waals surface area contributed by atoms with Crippen LogP contribution in [0.3, 0.4) is 0 Å². The minimum Gasteiger partial charge on any atom is -0.489 e. The van der Waals surface area contributed by atoms with Crippen LogP contribution in [0, 0.1) is 6.92 Å². The molecule has 2 aliphatic heterocycles. The molecule has 0 saturated carbocycles. The van der Waals surface area contributed by atoms with E-state index in [4.69, 9.17) is 9.47 Å². The molecule has 1 amide bonds. The number of hydrogen-bond donors (Lipinski definition) is 1. The molecule has 2 fully saturated rings. The number of ether oxygens (including phenoxy) is 2. The number of carbonyl (C=O) groups is 1. The third-order valence-electron chi connectivity index (χ3n) is 5.18. The minimum atomic E-state index is -0.233. The molecule has 3 rings (SSSR count). The zero-order valence-electron chi connectivity index (χ0n) is 17.2. The molecule has 2 aliphatic rings. The Kier molecular flexibility index (Phi) is 7.14. The van der Waals surface area contributed by atoms with Gasteiger partial charge < -0.3 is 24.6 Å². The number of rotatable bonds is 5. The minimum absolute atomic E-state index is 0.0148. The Balaban J connectivity index is 1.43. The van der Waals surface area contributed by atoms with E-state index in [-0.39, 0.29) is 18.1 Å². The van der Waals surface area contributed by atoms with Gasteiger partial charge in [-0.2, -0.15) is 0 Å². The van der Waals surface area contributed by atoms with Gasteiger partial charge in [-0.25, -0.2) is 0 Å². The van der Waals surface area contributed by atoms with Crippen LogP contribution >= 0.6 is 0 Å². The van der Waals surface area contributed by atoms with Gasteiger partial charge in [-0.15, -0.1) is 0 Å². The van der Waals surface area contributed by atoms with Crippen molar-refractivity contribution in [3.8, 4) is 5.75 Å². The van der Waals surface area contributed by atoms with Gasteiger partial charge in [-0.05, 0) is 44.4 Å². The molecule has 1 aromatic rings. The summed E-state index contributed by atoms with van der Waals surface area (Å²) in [6, 6.07) is 8.07. The van der Waals surface area contributed by atoms with E-state index in [0.29, 0.717) is 26.2 Å². The van der Waals surface area contributed by atoms with E-state index in [0.717, 1.165) is 37.6 Å². The number of hydrogen-bond acceptors (Lipinski definition) is 4. The largest absolute Gasteiger partial charge is 0.489 e. The molecule has 2 atom stereocenters. The summed E-state index contributed by atoms with van der Waals surface area (Å²) in [6.45, 7) is 8.41. The number of amides is 1. The summed E-state index contributed by atoms with van der Waals surface area (Å²) < 4.78 is 11.5. The highest BCUT2D eigenvalue weighted by atomic mass is 16.5. The molecule has 2 saturated heterocycles. The van der Waals surface area contributed by atoms with Crippen molar-refractivity contribution in [2.24, 2.45) is 4.99 Å². The predicted molar refractivity (Wildman–Crippen MR) is 110 cm³/mol. The first kappa shape index (κ1) is 20.5.